The smallest absolute Gasteiger partial charge is 0.124 e. The highest BCUT2D eigenvalue weighted by atomic mass is 127. The summed E-state index contributed by atoms with van der Waals surface area (Å²) in [6.07, 6.45) is 0. The maximum absolute atomic E-state index is 5.39. The molecule has 0 aliphatic carbocycles. The van der Waals surface area contributed by atoms with Crippen LogP contribution < -0.4 is 10.1 Å². The minimum Gasteiger partial charge on any atom is -0.496 e. The first-order valence-corrected chi connectivity index (χ1v) is 6.93. The molecule has 0 bridgehead atoms. The fourth-order valence-corrected chi connectivity index (χ4v) is 2.47. The predicted molar refractivity (Wildman–Crippen MR) is 84.2 cm³/mol. The van der Waals surface area contributed by atoms with Crippen molar-refractivity contribution in [1.82, 2.24) is 0 Å². The molecule has 2 aromatic rings. The van der Waals surface area contributed by atoms with Gasteiger partial charge in [-0.1, -0.05) is 24.3 Å². The zero-order chi connectivity index (χ0) is 13.0. The largest absolute Gasteiger partial charge is 0.496 e. The molecule has 0 aromatic heterocycles. The Morgan fingerprint density at radius 1 is 1.11 bits per heavy atom. The Bertz CT molecular complexity index is 527. The third kappa shape index (κ3) is 3.16. The van der Waals surface area contributed by atoms with Gasteiger partial charge in [0.1, 0.15) is 5.75 Å². The summed E-state index contributed by atoms with van der Waals surface area (Å²) >= 11 is 2.32. The topological polar surface area (TPSA) is 21.3 Å². The van der Waals surface area contributed by atoms with Crippen molar-refractivity contribution in [1.29, 1.82) is 0 Å². The molecule has 18 heavy (non-hydrogen) atoms. The van der Waals surface area contributed by atoms with Crippen LogP contribution in [-0.2, 0) is 0 Å². The first kappa shape index (κ1) is 13.2. The lowest BCUT2D eigenvalue weighted by Crippen LogP contribution is -2.08. The first-order valence-electron chi connectivity index (χ1n) is 5.85. The van der Waals surface area contributed by atoms with Crippen LogP contribution in [0.4, 0.5) is 5.69 Å². The summed E-state index contributed by atoms with van der Waals surface area (Å²) in [5, 5.41) is 3.49. The second kappa shape index (κ2) is 6.09. The third-order valence-electron chi connectivity index (χ3n) is 2.81. The van der Waals surface area contributed by atoms with Gasteiger partial charge in [0.15, 0.2) is 0 Å². The average molecular weight is 353 g/mol. The Kier molecular flexibility index (Phi) is 4.47. The van der Waals surface area contributed by atoms with E-state index in [0.29, 0.717) is 0 Å². The van der Waals surface area contributed by atoms with Crippen molar-refractivity contribution < 1.29 is 4.74 Å². The van der Waals surface area contributed by atoms with Crippen LogP contribution in [0.1, 0.15) is 18.5 Å². The molecule has 1 atom stereocenters. The molecule has 2 rings (SSSR count). The Morgan fingerprint density at radius 2 is 1.89 bits per heavy atom. The summed E-state index contributed by atoms with van der Waals surface area (Å²) in [6, 6.07) is 16.6. The summed E-state index contributed by atoms with van der Waals surface area (Å²) in [5.74, 6) is 0.920. The van der Waals surface area contributed by atoms with E-state index in [-0.39, 0.29) is 6.04 Å². The highest BCUT2D eigenvalue weighted by molar-refractivity contribution is 14.1. The van der Waals surface area contributed by atoms with E-state index in [0.717, 1.165) is 11.4 Å². The number of benzene rings is 2. The van der Waals surface area contributed by atoms with Gasteiger partial charge >= 0.3 is 0 Å². The minimum absolute atomic E-state index is 0.208. The summed E-state index contributed by atoms with van der Waals surface area (Å²) in [6.45, 7) is 2.14. The first-order chi connectivity index (χ1) is 8.70. The summed E-state index contributed by atoms with van der Waals surface area (Å²) in [4.78, 5) is 0. The number of hydrogen-bond acceptors (Lipinski definition) is 2. The number of nitrogens with one attached hydrogen (secondary N) is 1. The van der Waals surface area contributed by atoms with Crippen molar-refractivity contribution >= 4 is 28.3 Å². The number of halogens is 1. The monoisotopic (exact) mass is 353 g/mol. The van der Waals surface area contributed by atoms with Gasteiger partial charge < -0.3 is 10.1 Å². The molecule has 0 aliphatic heterocycles. The van der Waals surface area contributed by atoms with Crippen LogP contribution >= 0.6 is 22.6 Å². The Labute approximate surface area is 122 Å². The van der Waals surface area contributed by atoms with Crippen molar-refractivity contribution in [3.63, 3.8) is 0 Å². The molecular weight excluding hydrogens is 337 g/mol. The average Bonchev–Trinajstić information content (AvgIpc) is 2.38. The molecule has 2 aromatic carbocycles. The Balaban J connectivity index is 2.19. The van der Waals surface area contributed by atoms with Gasteiger partial charge in [0.2, 0.25) is 0 Å². The number of hydrogen-bond donors (Lipinski definition) is 1. The fourth-order valence-electron chi connectivity index (χ4n) is 1.93. The SMILES string of the molecule is COc1ccccc1C(C)Nc1cccc(I)c1. The predicted octanol–water partition coefficient (Wildman–Crippen LogP) is 4.47. The second-order valence-corrected chi connectivity index (χ2v) is 5.36. The van der Waals surface area contributed by atoms with E-state index in [1.165, 1.54) is 9.13 Å². The van der Waals surface area contributed by atoms with Crippen LogP contribution in [-0.4, -0.2) is 7.11 Å². The molecule has 0 spiro atoms. The highest BCUT2D eigenvalue weighted by Gasteiger charge is 2.10. The molecule has 3 heteroatoms. The van der Waals surface area contributed by atoms with E-state index in [1.807, 2.05) is 18.2 Å². The van der Waals surface area contributed by atoms with Crippen molar-refractivity contribution in [2.75, 3.05) is 12.4 Å². The van der Waals surface area contributed by atoms with Crippen LogP contribution in [0.15, 0.2) is 48.5 Å². The molecule has 94 valence electrons. The molecule has 0 radical (unpaired) electrons. The zero-order valence-corrected chi connectivity index (χ0v) is 12.6. The van der Waals surface area contributed by atoms with Crippen LogP contribution in [0.25, 0.3) is 0 Å². The zero-order valence-electron chi connectivity index (χ0n) is 10.5. The van der Waals surface area contributed by atoms with Gasteiger partial charge in [-0.05, 0) is 53.8 Å². The lowest BCUT2D eigenvalue weighted by molar-refractivity contribution is 0.408. The number of methoxy groups -OCH3 is 1. The van der Waals surface area contributed by atoms with Crippen LogP contribution in [0, 0.1) is 3.57 Å². The number of ether oxygens (including phenoxy) is 1. The van der Waals surface area contributed by atoms with Gasteiger partial charge in [0, 0.05) is 14.8 Å². The van der Waals surface area contributed by atoms with Crippen LogP contribution in [0.2, 0.25) is 0 Å². The highest BCUT2D eigenvalue weighted by Crippen LogP contribution is 2.27. The fraction of sp³-hybridized carbons (Fsp3) is 0.200. The molecule has 2 nitrogen and oxygen atoms in total. The maximum atomic E-state index is 5.39. The molecule has 0 saturated heterocycles. The van der Waals surface area contributed by atoms with Gasteiger partial charge in [0.05, 0.1) is 13.2 Å². The minimum atomic E-state index is 0.208. The number of anilines is 1. The third-order valence-corrected chi connectivity index (χ3v) is 3.48. The Morgan fingerprint density at radius 3 is 2.61 bits per heavy atom. The van der Waals surface area contributed by atoms with Crippen LogP contribution in [0.5, 0.6) is 5.75 Å². The number of para-hydroxylation sites is 1. The van der Waals surface area contributed by atoms with Gasteiger partial charge in [-0.15, -0.1) is 0 Å². The van der Waals surface area contributed by atoms with E-state index < -0.39 is 0 Å². The molecule has 0 aliphatic rings. The van der Waals surface area contributed by atoms with Crippen molar-refractivity contribution in [3.8, 4) is 5.75 Å². The van der Waals surface area contributed by atoms with Crippen molar-refractivity contribution in [3.05, 3.63) is 57.7 Å². The molecule has 0 saturated carbocycles. The molecule has 0 fully saturated rings. The van der Waals surface area contributed by atoms with Gasteiger partial charge in [0.25, 0.3) is 0 Å². The van der Waals surface area contributed by atoms with Gasteiger partial charge in [-0.2, -0.15) is 0 Å². The van der Waals surface area contributed by atoms with E-state index in [9.17, 15) is 0 Å². The van der Waals surface area contributed by atoms with Gasteiger partial charge in [-0.3, -0.25) is 0 Å². The van der Waals surface area contributed by atoms with E-state index in [4.69, 9.17) is 4.74 Å². The molecule has 1 N–H and O–H groups in total. The molecular formula is C15H16INO. The lowest BCUT2D eigenvalue weighted by Gasteiger charge is -2.18. The second-order valence-electron chi connectivity index (χ2n) is 4.12. The van der Waals surface area contributed by atoms with Gasteiger partial charge in [-0.25, -0.2) is 0 Å². The summed E-state index contributed by atoms with van der Waals surface area (Å²) < 4.78 is 6.61. The summed E-state index contributed by atoms with van der Waals surface area (Å²) in [5.41, 5.74) is 2.29. The van der Waals surface area contributed by atoms with E-state index in [2.05, 4.69) is 65.2 Å². The van der Waals surface area contributed by atoms with Crippen LogP contribution in [0.3, 0.4) is 0 Å². The molecule has 0 heterocycles. The maximum Gasteiger partial charge on any atom is 0.124 e. The normalized spacial score (nSPS) is 11.9. The van der Waals surface area contributed by atoms with E-state index in [1.54, 1.807) is 7.11 Å². The Hall–Kier alpha value is -1.23. The lowest BCUT2D eigenvalue weighted by atomic mass is 10.1. The van der Waals surface area contributed by atoms with Crippen molar-refractivity contribution in [2.24, 2.45) is 0 Å². The number of rotatable bonds is 4. The molecule has 1 unspecified atom stereocenters. The standard InChI is InChI=1S/C15H16INO/c1-11(14-8-3-4-9-15(14)18-2)17-13-7-5-6-12(16)10-13/h3-11,17H,1-2H3. The summed E-state index contributed by atoms with van der Waals surface area (Å²) in [7, 11) is 1.71. The van der Waals surface area contributed by atoms with E-state index >= 15 is 0 Å². The van der Waals surface area contributed by atoms with Crippen molar-refractivity contribution in [2.45, 2.75) is 13.0 Å². The quantitative estimate of drug-likeness (QED) is 0.819. The molecule has 0 amide bonds.